The second kappa shape index (κ2) is 11.4. The van der Waals surface area contributed by atoms with E-state index >= 15 is 0 Å². The molecule has 0 aliphatic carbocycles. The van der Waals surface area contributed by atoms with Crippen molar-refractivity contribution in [1.82, 2.24) is 15.5 Å². The van der Waals surface area contributed by atoms with Crippen molar-refractivity contribution in [3.8, 4) is 11.5 Å². The van der Waals surface area contributed by atoms with E-state index in [-0.39, 0.29) is 29.5 Å². The van der Waals surface area contributed by atoms with Crippen molar-refractivity contribution in [2.75, 3.05) is 53.1 Å². The Kier molecular flexibility index (Phi) is 9.58. The fourth-order valence-corrected chi connectivity index (χ4v) is 3.66. The number of ether oxygens (including phenoxy) is 3. The lowest BCUT2D eigenvalue weighted by atomic mass is 10.0. The maximum Gasteiger partial charge on any atom is 0.191 e. The SMILES string of the molecule is CN=C(NCc1cc(Cl)c2c(c1)OCCCO2)NCC(C)(C)N1CCOCC1.I. The highest BCUT2D eigenvalue weighted by molar-refractivity contribution is 14.0. The van der Waals surface area contributed by atoms with Gasteiger partial charge in [0.2, 0.25) is 0 Å². The zero-order chi connectivity index (χ0) is 20.0. The van der Waals surface area contributed by atoms with Gasteiger partial charge in [0.05, 0.1) is 31.5 Å². The van der Waals surface area contributed by atoms with Crippen LogP contribution in [0.2, 0.25) is 5.02 Å². The molecule has 2 N–H and O–H groups in total. The molecular weight excluding hydrogens is 507 g/mol. The third kappa shape index (κ3) is 6.77. The summed E-state index contributed by atoms with van der Waals surface area (Å²) >= 11 is 6.38. The molecule has 3 rings (SSSR count). The van der Waals surface area contributed by atoms with E-state index < -0.39 is 0 Å². The Morgan fingerprint density at radius 2 is 1.86 bits per heavy atom. The Hall–Kier alpha value is -0.970. The van der Waals surface area contributed by atoms with Gasteiger partial charge in [-0.15, -0.1) is 24.0 Å². The number of nitrogens with one attached hydrogen (secondary N) is 2. The van der Waals surface area contributed by atoms with Crippen LogP contribution in [0.3, 0.4) is 0 Å². The third-order valence-corrected chi connectivity index (χ3v) is 5.38. The minimum Gasteiger partial charge on any atom is -0.489 e. The Morgan fingerprint density at radius 1 is 1.14 bits per heavy atom. The third-order valence-electron chi connectivity index (χ3n) is 5.10. The van der Waals surface area contributed by atoms with Crippen LogP contribution >= 0.6 is 35.6 Å². The van der Waals surface area contributed by atoms with Crippen LogP contribution in [0.1, 0.15) is 25.8 Å². The van der Waals surface area contributed by atoms with Crippen LogP contribution < -0.4 is 20.1 Å². The average molecular weight is 539 g/mol. The van der Waals surface area contributed by atoms with E-state index in [1.165, 1.54) is 0 Å². The first-order valence-electron chi connectivity index (χ1n) is 9.85. The van der Waals surface area contributed by atoms with Crippen LogP contribution in [0, 0.1) is 0 Å². The number of morpholine rings is 1. The highest BCUT2D eigenvalue weighted by Gasteiger charge is 2.28. The Morgan fingerprint density at radius 3 is 2.59 bits per heavy atom. The van der Waals surface area contributed by atoms with E-state index in [0.717, 1.165) is 50.8 Å². The van der Waals surface area contributed by atoms with Gasteiger partial charge in [0, 0.05) is 45.2 Å². The van der Waals surface area contributed by atoms with Crippen molar-refractivity contribution in [2.24, 2.45) is 4.99 Å². The summed E-state index contributed by atoms with van der Waals surface area (Å²) in [7, 11) is 1.78. The van der Waals surface area contributed by atoms with Gasteiger partial charge in [-0.25, -0.2) is 0 Å². The minimum absolute atomic E-state index is 0. The topological polar surface area (TPSA) is 67.4 Å². The first-order chi connectivity index (χ1) is 13.5. The van der Waals surface area contributed by atoms with Crippen molar-refractivity contribution < 1.29 is 14.2 Å². The number of benzene rings is 1. The molecule has 9 heteroatoms. The van der Waals surface area contributed by atoms with Gasteiger partial charge in [0.15, 0.2) is 17.5 Å². The minimum atomic E-state index is 0. The van der Waals surface area contributed by atoms with Gasteiger partial charge in [-0.05, 0) is 31.5 Å². The number of fused-ring (bicyclic) bond motifs is 1. The van der Waals surface area contributed by atoms with E-state index in [9.17, 15) is 0 Å². The molecule has 0 radical (unpaired) electrons. The molecule has 2 heterocycles. The molecule has 0 amide bonds. The lowest BCUT2D eigenvalue weighted by Gasteiger charge is -2.41. The molecule has 1 saturated heterocycles. The van der Waals surface area contributed by atoms with E-state index in [0.29, 0.717) is 36.3 Å². The van der Waals surface area contributed by atoms with Gasteiger partial charge in [-0.2, -0.15) is 0 Å². The Balaban J connectivity index is 0.00000300. The maximum atomic E-state index is 6.38. The molecule has 2 aliphatic heterocycles. The highest BCUT2D eigenvalue weighted by Crippen LogP contribution is 2.37. The van der Waals surface area contributed by atoms with E-state index in [4.69, 9.17) is 25.8 Å². The molecule has 2 aliphatic rings. The summed E-state index contributed by atoms with van der Waals surface area (Å²) in [6.07, 6.45) is 0.855. The summed E-state index contributed by atoms with van der Waals surface area (Å²) in [6.45, 7) is 10.6. The van der Waals surface area contributed by atoms with Gasteiger partial charge in [0.25, 0.3) is 0 Å². The summed E-state index contributed by atoms with van der Waals surface area (Å²) in [5.74, 6) is 2.10. The molecular formula is C20H32ClIN4O3. The molecule has 7 nitrogen and oxygen atoms in total. The van der Waals surface area contributed by atoms with E-state index in [1.54, 1.807) is 7.05 Å². The number of guanidine groups is 1. The lowest BCUT2D eigenvalue weighted by molar-refractivity contribution is -0.00834. The smallest absolute Gasteiger partial charge is 0.191 e. The number of halogens is 2. The van der Waals surface area contributed by atoms with Crippen LogP contribution in [-0.4, -0.2) is 69.5 Å². The number of hydrogen-bond acceptors (Lipinski definition) is 5. The summed E-state index contributed by atoms with van der Waals surface area (Å²) in [5, 5.41) is 7.36. The Bertz CT molecular complexity index is 697. The molecule has 0 bridgehead atoms. The zero-order valence-corrected chi connectivity index (χ0v) is 20.5. The van der Waals surface area contributed by atoms with Crippen LogP contribution in [0.25, 0.3) is 0 Å². The van der Waals surface area contributed by atoms with Gasteiger partial charge in [0.1, 0.15) is 0 Å². The number of hydrogen-bond donors (Lipinski definition) is 2. The molecule has 1 fully saturated rings. The first-order valence-corrected chi connectivity index (χ1v) is 10.2. The standard InChI is InChI=1S/C20H31ClN4O3.HI/c1-20(2,25-5-9-26-10-6-25)14-24-19(22-3)23-13-15-11-16(21)18-17(12-15)27-7-4-8-28-18;/h11-12H,4-10,13-14H2,1-3H3,(H2,22,23,24);1H. The largest absolute Gasteiger partial charge is 0.489 e. The normalized spacial score (nSPS) is 17.9. The fraction of sp³-hybridized carbons (Fsp3) is 0.650. The van der Waals surface area contributed by atoms with Crippen LogP contribution in [0.4, 0.5) is 0 Å². The number of nitrogens with zero attached hydrogens (tertiary/aromatic N) is 2. The monoisotopic (exact) mass is 538 g/mol. The average Bonchev–Trinajstić information content (AvgIpc) is 2.95. The van der Waals surface area contributed by atoms with Crippen molar-refractivity contribution in [3.63, 3.8) is 0 Å². The van der Waals surface area contributed by atoms with Gasteiger partial charge in [-0.3, -0.25) is 9.89 Å². The summed E-state index contributed by atoms with van der Waals surface area (Å²) in [6, 6.07) is 3.89. The predicted octanol–water partition coefficient (Wildman–Crippen LogP) is 2.90. The quantitative estimate of drug-likeness (QED) is 0.341. The van der Waals surface area contributed by atoms with E-state index in [1.807, 2.05) is 12.1 Å². The predicted molar refractivity (Wildman–Crippen MR) is 127 cm³/mol. The van der Waals surface area contributed by atoms with Crippen molar-refractivity contribution >= 4 is 41.5 Å². The van der Waals surface area contributed by atoms with Gasteiger partial charge >= 0.3 is 0 Å². The molecule has 29 heavy (non-hydrogen) atoms. The van der Waals surface area contributed by atoms with Gasteiger partial charge in [-0.1, -0.05) is 11.6 Å². The molecule has 164 valence electrons. The second-order valence-electron chi connectivity index (χ2n) is 7.65. The van der Waals surface area contributed by atoms with Crippen molar-refractivity contribution in [2.45, 2.75) is 32.4 Å². The summed E-state index contributed by atoms with van der Waals surface area (Å²) < 4.78 is 16.9. The number of rotatable bonds is 5. The molecule has 1 aromatic rings. The molecule has 0 unspecified atom stereocenters. The number of aliphatic imine (C=N–C) groups is 1. The molecule has 0 saturated carbocycles. The first kappa shape index (κ1) is 24.3. The van der Waals surface area contributed by atoms with Crippen molar-refractivity contribution in [3.05, 3.63) is 22.7 Å². The Labute approximate surface area is 195 Å². The summed E-state index contributed by atoms with van der Waals surface area (Å²) in [4.78, 5) is 6.78. The van der Waals surface area contributed by atoms with E-state index in [2.05, 4.69) is 34.4 Å². The van der Waals surface area contributed by atoms with Crippen LogP contribution in [0.15, 0.2) is 17.1 Å². The van der Waals surface area contributed by atoms with Crippen molar-refractivity contribution in [1.29, 1.82) is 0 Å². The maximum absolute atomic E-state index is 6.38. The highest BCUT2D eigenvalue weighted by atomic mass is 127. The molecule has 0 atom stereocenters. The fourth-order valence-electron chi connectivity index (χ4n) is 3.37. The van der Waals surface area contributed by atoms with Gasteiger partial charge < -0.3 is 24.8 Å². The zero-order valence-electron chi connectivity index (χ0n) is 17.4. The second-order valence-corrected chi connectivity index (χ2v) is 8.05. The van der Waals surface area contributed by atoms with Crippen LogP contribution in [0.5, 0.6) is 11.5 Å². The molecule has 0 aromatic heterocycles. The lowest BCUT2D eigenvalue weighted by Crippen LogP contribution is -2.56. The molecule has 0 spiro atoms. The van der Waals surface area contributed by atoms with Crippen LogP contribution in [-0.2, 0) is 11.3 Å². The summed E-state index contributed by atoms with van der Waals surface area (Å²) in [5.41, 5.74) is 1.03. The molecule has 1 aromatic carbocycles.